The predicted octanol–water partition coefficient (Wildman–Crippen LogP) is 2.01. The number of hydrogen-bond acceptors (Lipinski definition) is 1. The van der Waals surface area contributed by atoms with Crippen molar-refractivity contribution in [2.75, 3.05) is 0 Å². The van der Waals surface area contributed by atoms with E-state index in [1.54, 1.807) is 0 Å². The van der Waals surface area contributed by atoms with Crippen LogP contribution in [-0.2, 0) is 0 Å². The smallest absolute Gasteiger partial charge is 0.122 e. The van der Waals surface area contributed by atoms with Crippen molar-refractivity contribution < 1.29 is 0 Å². The van der Waals surface area contributed by atoms with E-state index in [9.17, 15) is 0 Å². The summed E-state index contributed by atoms with van der Waals surface area (Å²) in [4.78, 5) is 0. The summed E-state index contributed by atoms with van der Waals surface area (Å²) >= 11 is 0. The molecular formula is C9H13ClN2. The Morgan fingerprint density at radius 1 is 1.17 bits per heavy atom. The van der Waals surface area contributed by atoms with Gasteiger partial charge in [0.25, 0.3) is 0 Å². The molecule has 0 saturated heterocycles. The zero-order valence-corrected chi connectivity index (χ0v) is 8.03. The van der Waals surface area contributed by atoms with Crippen molar-refractivity contribution in [2.45, 2.75) is 13.8 Å². The van der Waals surface area contributed by atoms with Gasteiger partial charge in [-0.25, -0.2) is 0 Å². The number of benzene rings is 1. The van der Waals surface area contributed by atoms with Crippen LogP contribution in [0.1, 0.15) is 16.7 Å². The maximum Gasteiger partial charge on any atom is 0.122 e. The first-order valence-corrected chi connectivity index (χ1v) is 3.52. The van der Waals surface area contributed by atoms with Crippen LogP contribution in [-0.4, -0.2) is 5.84 Å². The summed E-state index contributed by atoms with van der Waals surface area (Å²) in [6.07, 6.45) is 0. The lowest BCUT2D eigenvalue weighted by molar-refractivity contribution is 1.34. The van der Waals surface area contributed by atoms with E-state index in [0.717, 1.165) is 16.7 Å². The van der Waals surface area contributed by atoms with Crippen LogP contribution in [0.25, 0.3) is 0 Å². The molecule has 0 unspecified atom stereocenters. The number of nitrogen functional groups attached to an aromatic ring is 1. The van der Waals surface area contributed by atoms with Crippen molar-refractivity contribution in [3.8, 4) is 0 Å². The van der Waals surface area contributed by atoms with Gasteiger partial charge in [0.1, 0.15) is 5.84 Å². The minimum absolute atomic E-state index is 0. The summed E-state index contributed by atoms with van der Waals surface area (Å²) in [6, 6.07) is 5.89. The van der Waals surface area contributed by atoms with Gasteiger partial charge in [-0.1, -0.05) is 17.2 Å². The van der Waals surface area contributed by atoms with Crippen molar-refractivity contribution in [2.24, 2.45) is 5.73 Å². The van der Waals surface area contributed by atoms with Gasteiger partial charge in [0.05, 0.1) is 0 Å². The molecule has 0 bridgehead atoms. The van der Waals surface area contributed by atoms with E-state index in [1.165, 1.54) is 0 Å². The highest BCUT2D eigenvalue weighted by Crippen LogP contribution is 2.07. The lowest BCUT2D eigenvalue weighted by Crippen LogP contribution is -2.11. The molecule has 66 valence electrons. The highest BCUT2D eigenvalue weighted by Gasteiger charge is 1.96. The molecule has 0 aliphatic carbocycles. The van der Waals surface area contributed by atoms with E-state index in [0.29, 0.717) is 0 Å². The molecule has 0 radical (unpaired) electrons. The number of rotatable bonds is 1. The minimum Gasteiger partial charge on any atom is -0.384 e. The normalized spacial score (nSPS) is 8.83. The van der Waals surface area contributed by atoms with Crippen LogP contribution in [0.3, 0.4) is 0 Å². The van der Waals surface area contributed by atoms with Crippen LogP contribution in [0, 0.1) is 19.3 Å². The van der Waals surface area contributed by atoms with Crippen LogP contribution < -0.4 is 5.73 Å². The summed E-state index contributed by atoms with van der Waals surface area (Å²) in [6.45, 7) is 4.00. The molecule has 0 atom stereocenters. The van der Waals surface area contributed by atoms with Gasteiger partial charge < -0.3 is 5.73 Å². The fraction of sp³-hybridized carbons (Fsp3) is 0.222. The Labute approximate surface area is 78.7 Å². The minimum atomic E-state index is 0. The Hall–Kier alpha value is -1.02. The molecule has 12 heavy (non-hydrogen) atoms. The molecule has 0 aromatic heterocycles. The molecule has 0 aliphatic heterocycles. The third-order valence-electron chi connectivity index (χ3n) is 1.53. The molecule has 0 fully saturated rings. The highest BCUT2D eigenvalue weighted by molar-refractivity contribution is 5.95. The second-order valence-electron chi connectivity index (χ2n) is 2.79. The maximum atomic E-state index is 7.21. The molecule has 0 heterocycles. The number of nitrogens with two attached hydrogens (primary N) is 1. The van der Waals surface area contributed by atoms with E-state index in [2.05, 4.69) is 6.07 Å². The van der Waals surface area contributed by atoms with Crippen LogP contribution in [0.2, 0.25) is 0 Å². The number of aryl methyl sites for hydroxylation is 2. The number of hydrogen-bond donors (Lipinski definition) is 2. The van der Waals surface area contributed by atoms with Gasteiger partial charge in [-0.2, -0.15) is 0 Å². The van der Waals surface area contributed by atoms with Crippen molar-refractivity contribution in [1.29, 1.82) is 5.41 Å². The molecule has 1 rings (SSSR count). The Bertz CT molecular complexity index is 274. The third kappa shape index (κ3) is 2.55. The second kappa shape index (κ2) is 4.12. The molecule has 0 amide bonds. The maximum absolute atomic E-state index is 7.21. The van der Waals surface area contributed by atoms with Crippen molar-refractivity contribution >= 4 is 18.2 Å². The lowest BCUT2D eigenvalue weighted by Gasteiger charge is -2.01. The van der Waals surface area contributed by atoms with Gasteiger partial charge in [-0.15, -0.1) is 12.4 Å². The molecular weight excluding hydrogens is 172 g/mol. The molecule has 3 N–H and O–H groups in total. The zero-order valence-electron chi connectivity index (χ0n) is 7.22. The van der Waals surface area contributed by atoms with E-state index < -0.39 is 0 Å². The number of amidine groups is 1. The van der Waals surface area contributed by atoms with Gasteiger partial charge in [0.15, 0.2) is 0 Å². The second-order valence-corrected chi connectivity index (χ2v) is 2.79. The number of halogens is 1. The quantitative estimate of drug-likeness (QED) is 0.509. The largest absolute Gasteiger partial charge is 0.384 e. The summed E-state index contributed by atoms with van der Waals surface area (Å²) in [7, 11) is 0. The third-order valence-corrected chi connectivity index (χ3v) is 1.53. The predicted molar refractivity (Wildman–Crippen MR) is 54.2 cm³/mol. The van der Waals surface area contributed by atoms with Crippen LogP contribution >= 0.6 is 12.4 Å². The first-order chi connectivity index (χ1) is 5.09. The number of nitrogens with one attached hydrogen (secondary N) is 1. The first-order valence-electron chi connectivity index (χ1n) is 3.52. The molecule has 2 nitrogen and oxygen atoms in total. The zero-order chi connectivity index (χ0) is 8.43. The van der Waals surface area contributed by atoms with E-state index >= 15 is 0 Å². The molecule has 0 saturated carbocycles. The fourth-order valence-corrected chi connectivity index (χ4v) is 1.13. The Kier molecular flexibility index (Phi) is 3.77. The van der Waals surface area contributed by atoms with Gasteiger partial charge in [0, 0.05) is 5.56 Å². The van der Waals surface area contributed by atoms with E-state index in [-0.39, 0.29) is 18.2 Å². The average Bonchev–Trinajstić information content (AvgIpc) is 1.85. The van der Waals surface area contributed by atoms with Crippen LogP contribution in [0.4, 0.5) is 0 Å². The standard InChI is InChI=1S/C9H12N2.ClH/c1-6-3-7(2)5-8(4-6)9(10)11;/h3-5H,1-2H3,(H3,10,11);1H. The van der Waals surface area contributed by atoms with E-state index in [4.69, 9.17) is 11.1 Å². The lowest BCUT2D eigenvalue weighted by atomic mass is 10.1. The van der Waals surface area contributed by atoms with Gasteiger partial charge in [-0.05, 0) is 26.0 Å². The summed E-state index contributed by atoms with van der Waals surface area (Å²) in [5, 5.41) is 7.21. The van der Waals surface area contributed by atoms with Crippen LogP contribution in [0.5, 0.6) is 0 Å². The molecule has 0 aliphatic rings. The SMILES string of the molecule is Cc1cc(C)cc(C(=N)N)c1.Cl. The van der Waals surface area contributed by atoms with Gasteiger partial charge >= 0.3 is 0 Å². The molecule has 1 aromatic rings. The van der Waals surface area contributed by atoms with Gasteiger partial charge in [-0.3, -0.25) is 5.41 Å². The van der Waals surface area contributed by atoms with Crippen molar-refractivity contribution in [3.63, 3.8) is 0 Å². The topological polar surface area (TPSA) is 49.9 Å². The summed E-state index contributed by atoms with van der Waals surface area (Å²) in [5.74, 6) is 0.136. The summed E-state index contributed by atoms with van der Waals surface area (Å²) in [5.41, 5.74) is 8.44. The van der Waals surface area contributed by atoms with Gasteiger partial charge in [0.2, 0.25) is 0 Å². The monoisotopic (exact) mass is 184 g/mol. The average molecular weight is 185 g/mol. The Balaban J connectivity index is 0.00000121. The molecule has 0 spiro atoms. The van der Waals surface area contributed by atoms with Crippen molar-refractivity contribution in [1.82, 2.24) is 0 Å². The summed E-state index contributed by atoms with van der Waals surface area (Å²) < 4.78 is 0. The van der Waals surface area contributed by atoms with E-state index in [1.807, 2.05) is 26.0 Å². The molecule has 3 heteroatoms. The molecule has 1 aromatic carbocycles. The fourth-order valence-electron chi connectivity index (χ4n) is 1.13. The first kappa shape index (κ1) is 11.0. The van der Waals surface area contributed by atoms with Crippen LogP contribution in [0.15, 0.2) is 18.2 Å². The Morgan fingerprint density at radius 2 is 1.58 bits per heavy atom. The Morgan fingerprint density at radius 3 is 1.92 bits per heavy atom. The van der Waals surface area contributed by atoms with Crippen molar-refractivity contribution in [3.05, 3.63) is 34.9 Å². The highest BCUT2D eigenvalue weighted by atomic mass is 35.5.